The van der Waals surface area contributed by atoms with Gasteiger partial charge in [0.1, 0.15) is 24.2 Å². The molecule has 1 fully saturated rings. The van der Waals surface area contributed by atoms with E-state index in [1.807, 2.05) is 61.5 Å². The van der Waals surface area contributed by atoms with Gasteiger partial charge in [0.25, 0.3) is 23.6 Å². The number of nitrogens with zero attached hydrogens (tertiary/aromatic N) is 8. The Hall–Kier alpha value is -8.44. The normalized spacial score (nSPS) is 21.8. The molecule has 1 saturated heterocycles. The summed E-state index contributed by atoms with van der Waals surface area (Å²) in [6.45, 7) is 21.5. The van der Waals surface area contributed by atoms with E-state index in [1.54, 1.807) is 71.9 Å². The van der Waals surface area contributed by atoms with Crippen LogP contribution in [0.4, 0.5) is 0 Å². The van der Waals surface area contributed by atoms with Crippen LogP contribution in [0, 0.1) is 23.7 Å². The van der Waals surface area contributed by atoms with Crippen molar-refractivity contribution in [3.63, 3.8) is 0 Å². The zero-order chi connectivity index (χ0) is 66.8. The van der Waals surface area contributed by atoms with Crippen LogP contribution < -0.4 is 0 Å². The number of rotatable bonds is 20. The Morgan fingerprint density at radius 1 is 0.456 bits per heavy atom. The summed E-state index contributed by atoms with van der Waals surface area (Å²) < 4.78 is 37.6. The Morgan fingerprint density at radius 3 is 1.14 bits per heavy atom. The van der Waals surface area contributed by atoms with Crippen molar-refractivity contribution >= 4 is 59.4 Å². The van der Waals surface area contributed by atoms with Gasteiger partial charge in [-0.1, -0.05) is 104 Å². The predicted molar refractivity (Wildman–Crippen MR) is 330 cm³/mol. The lowest BCUT2D eigenvalue weighted by Crippen LogP contribution is -2.55. The molecule has 0 N–H and O–H groups in total. The first kappa shape index (κ1) is 72.3. The molecule has 492 valence electrons. The van der Waals surface area contributed by atoms with Crippen LogP contribution >= 0.6 is 0 Å². The molecule has 0 radical (unpaired) electrons. The highest BCUT2D eigenvalue weighted by molar-refractivity contribution is 5.95. The van der Waals surface area contributed by atoms with Crippen LogP contribution in [0.5, 0.6) is 0 Å². The van der Waals surface area contributed by atoms with Gasteiger partial charge in [-0.15, -0.1) is 0 Å². The summed E-state index contributed by atoms with van der Waals surface area (Å²) in [7, 11) is 5.44. The molecule has 24 nitrogen and oxygen atoms in total. The number of hydrogen-bond acceptors (Lipinski definition) is 18. The monoisotopic (exact) mass is 1250 g/mol. The average molecular weight is 1250 g/mol. The van der Waals surface area contributed by atoms with Gasteiger partial charge >= 0.3 is 35.8 Å². The van der Waals surface area contributed by atoms with Crippen molar-refractivity contribution in [3.05, 3.63) is 107 Å². The Labute approximate surface area is 528 Å². The SMILES string of the molecule is CCOC(=O)c1cnn(Cc2ccc(C[C@H]3OC(=O)[C@H](CC(C)C)N(C)C(=O)[C@@H](C)OC(=O)[C@H](CC(C)C)N(C)C(=O)[C@@H](Cc4cccc(Cn5cc(C(=O)OCC)cn5)c4)OC(=O)[C@H](CC(C)C)N(C)C(=O)[C@@H](C)OC(=O)[C@H](CC(C)C)N(C)C3=O)cc2)c1. The van der Waals surface area contributed by atoms with Crippen LogP contribution in [0.2, 0.25) is 0 Å². The molecule has 0 spiro atoms. The van der Waals surface area contributed by atoms with E-state index in [4.69, 9.17) is 28.4 Å². The number of carbonyl (C=O) groups is 10. The van der Waals surface area contributed by atoms with E-state index < -0.39 is 108 Å². The topological polar surface area (TPSA) is 275 Å². The number of likely N-dealkylation sites (N-methyl/N-ethyl adjacent to an activating group) is 4. The fraction of sp³-hybridized carbons (Fsp3) is 0.576. The molecule has 1 aliphatic heterocycles. The number of carbonyl (C=O) groups excluding carboxylic acids is 10. The van der Waals surface area contributed by atoms with Crippen LogP contribution in [-0.4, -0.2) is 189 Å². The van der Waals surface area contributed by atoms with Gasteiger partial charge in [-0.25, -0.2) is 28.8 Å². The number of amides is 4. The van der Waals surface area contributed by atoms with Crippen LogP contribution in [0.1, 0.15) is 152 Å². The average Bonchev–Trinajstić information content (AvgIpc) is 1.21. The van der Waals surface area contributed by atoms with E-state index in [2.05, 4.69) is 10.2 Å². The first-order valence-electron chi connectivity index (χ1n) is 30.9. The van der Waals surface area contributed by atoms with E-state index in [-0.39, 0.29) is 99.6 Å². The highest BCUT2D eigenvalue weighted by Crippen LogP contribution is 2.25. The summed E-state index contributed by atoms with van der Waals surface area (Å²) >= 11 is 0. The third kappa shape index (κ3) is 20.3. The maximum atomic E-state index is 15.2. The molecule has 0 bridgehead atoms. The zero-order valence-corrected chi connectivity index (χ0v) is 55.0. The van der Waals surface area contributed by atoms with Crippen molar-refractivity contribution in [2.45, 2.75) is 183 Å². The molecule has 0 unspecified atom stereocenters. The highest BCUT2D eigenvalue weighted by Gasteiger charge is 2.43. The van der Waals surface area contributed by atoms with E-state index >= 15 is 9.59 Å². The minimum atomic E-state index is -1.62. The lowest BCUT2D eigenvalue weighted by molar-refractivity contribution is -0.176. The van der Waals surface area contributed by atoms with Crippen molar-refractivity contribution in [2.24, 2.45) is 23.7 Å². The van der Waals surface area contributed by atoms with Gasteiger partial charge in [0.2, 0.25) is 0 Å². The van der Waals surface area contributed by atoms with Gasteiger partial charge in [0.15, 0.2) is 24.4 Å². The molecule has 2 aromatic heterocycles. The first-order chi connectivity index (χ1) is 42.4. The lowest BCUT2D eigenvalue weighted by Gasteiger charge is -2.35. The molecule has 3 heterocycles. The summed E-state index contributed by atoms with van der Waals surface area (Å²) in [6, 6.07) is 8.69. The van der Waals surface area contributed by atoms with Gasteiger partial charge in [0, 0.05) is 53.4 Å². The summed E-state index contributed by atoms with van der Waals surface area (Å²) in [4.78, 5) is 148. The van der Waals surface area contributed by atoms with E-state index in [1.165, 1.54) is 60.6 Å². The largest absolute Gasteiger partial charge is 0.462 e. The molecule has 4 aromatic rings. The Kier molecular flexibility index (Phi) is 26.8. The summed E-state index contributed by atoms with van der Waals surface area (Å²) in [5, 5.41) is 8.59. The summed E-state index contributed by atoms with van der Waals surface area (Å²) in [6.07, 6.45) is -0.700. The van der Waals surface area contributed by atoms with Gasteiger partial charge in [-0.2, -0.15) is 10.2 Å². The molecule has 0 saturated carbocycles. The molecule has 1 aliphatic rings. The van der Waals surface area contributed by atoms with Gasteiger partial charge in [-0.05, 0) is 99.3 Å². The quantitative estimate of drug-likeness (QED) is 0.0674. The number of cyclic esters (lactones) is 4. The minimum Gasteiger partial charge on any atom is -0.462 e. The Bertz CT molecular complexity index is 3120. The molecular weight excluding hydrogens is 1160 g/mol. The van der Waals surface area contributed by atoms with Crippen molar-refractivity contribution in [1.29, 1.82) is 0 Å². The van der Waals surface area contributed by atoms with Crippen molar-refractivity contribution < 1.29 is 76.4 Å². The van der Waals surface area contributed by atoms with E-state index in [0.29, 0.717) is 16.7 Å². The second kappa shape index (κ2) is 33.4. The van der Waals surface area contributed by atoms with Crippen LogP contribution in [0.15, 0.2) is 73.3 Å². The molecule has 4 amide bonds. The molecule has 8 atom stereocenters. The second-order valence-corrected chi connectivity index (χ2v) is 24.7. The molecular formula is C66H92N8O16. The number of benzene rings is 2. The first-order valence-corrected chi connectivity index (χ1v) is 30.9. The second-order valence-electron chi connectivity index (χ2n) is 24.7. The van der Waals surface area contributed by atoms with Crippen LogP contribution in [-0.2, 0) is 92.7 Å². The third-order valence-corrected chi connectivity index (χ3v) is 15.3. The predicted octanol–water partition coefficient (Wildman–Crippen LogP) is 6.51. The number of esters is 6. The van der Waals surface area contributed by atoms with Crippen molar-refractivity contribution in [1.82, 2.24) is 39.2 Å². The van der Waals surface area contributed by atoms with Gasteiger partial charge in [0.05, 0.1) is 49.8 Å². The highest BCUT2D eigenvalue weighted by atomic mass is 16.6. The smallest absolute Gasteiger partial charge is 0.341 e. The zero-order valence-electron chi connectivity index (χ0n) is 55.0. The fourth-order valence-corrected chi connectivity index (χ4v) is 10.5. The summed E-state index contributed by atoms with van der Waals surface area (Å²) in [5.41, 5.74) is 3.07. The minimum absolute atomic E-state index is 0.0324. The van der Waals surface area contributed by atoms with Crippen LogP contribution in [0.3, 0.4) is 0 Å². The maximum absolute atomic E-state index is 15.2. The molecule has 0 aliphatic carbocycles. The molecule has 24 heteroatoms. The standard InChI is InChI=1S/C66H92N8O16/c1-17-85-61(79)49-33-67-73(37-49)35-46-24-22-45(23-25-46)31-55-59(77)71(15)51(26-39(3)4)63(81)87-44(12)58(76)70(14)54(29-42(9)10)66(84)90-56(32-47-20-19-21-48(30-47)36-74-38-50(34-68-74)62(80)86-18-2)60(78)72(16)52(27-40(5)6)64(82)88-43(11)57(75)69(13)53(28-41(7)8)65(83)89-55/h19-25,30,33-34,37-44,51-56H,17-18,26-29,31-32,35-36H2,1-16H3/t43-,44-,51+,52+,53+,54+,55-,56-/m1/s1. The van der Waals surface area contributed by atoms with Crippen molar-refractivity contribution in [2.75, 3.05) is 41.4 Å². The third-order valence-electron chi connectivity index (χ3n) is 15.3. The Morgan fingerprint density at radius 2 is 0.778 bits per heavy atom. The number of ether oxygens (including phenoxy) is 6. The summed E-state index contributed by atoms with van der Waals surface area (Å²) in [5.74, 6) is -9.06. The van der Waals surface area contributed by atoms with E-state index in [9.17, 15) is 38.4 Å². The molecule has 90 heavy (non-hydrogen) atoms. The van der Waals surface area contributed by atoms with Crippen molar-refractivity contribution in [3.8, 4) is 0 Å². The fourth-order valence-electron chi connectivity index (χ4n) is 10.5. The Balaban J connectivity index is 1.58. The van der Waals surface area contributed by atoms with Gasteiger partial charge < -0.3 is 48.0 Å². The van der Waals surface area contributed by atoms with Gasteiger partial charge in [-0.3, -0.25) is 28.5 Å². The molecule has 2 aromatic carbocycles. The molecule has 5 rings (SSSR count). The van der Waals surface area contributed by atoms with Crippen LogP contribution in [0.25, 0.3) is 0 Å². The van der Waals surface area contributed by atoms with E-state index in [0.717, 1.165) is 25.2 Å². The number of aromatic nitrogens is 4. The lowest BCUT2D eigenvalue weighted by atomic mass is 9.99. The maximum Gasteiger partial charge on any atom is 0.341 e. The number of hydrogen-bond donors (Lipinski definition) is 0.